The molecule has 26 heavy (non-hydrogen) atoms. The van der Waals surface area contributed by atoms with Crippen LogP contribution in [0.15, 0.2) is 62.9 Å². The molecule has 0 bridgehead atoms. The Morgan fingerprint density at radius 1 is 1.31 bits per heavy atom. The molecule has 0 aliphatic carbocycles. The summed E-state index contributed by atoms with van der Waals surface area (Å²) in [7, 11) is 1.57. The van der Waals surface area contributed by atoms with Crippen LogP contribution in [0.3, 0.4) is 0 Å². The van der Waals surface area contributed by atoms with Gasteiger partial charge >= 0.3 is 10.7 Å². The first-order valence-electron chi connectivity index (χ1n) is 7.53. The molecule has 0 fully saturated rings. The molecule has 0 aliphatic rings. The number of nitrogens with zero attached hydrogens (tertiary/aromatic N) is 1. The minimum Gasteiger partial charge on any atom is -0.497 e. The van der Waals surface area contributed by atoms with Gasteiger partial charge in [0, 0.05) is 22.8 Å². The van der Waals surface area contributed by atoms with Crippen molar-refractivity contribution in [2.24, 2.45) is 0 Å². The molecule has 2 N–H and O–H groups in total. The van der Waals surface area contributed by atoms with E-state index < -0.39 is 5.63 Å². The number of rotatable bonds is 6. The number of halogens is 1. The number of methoxy groups -OCH3 is 1. The van der Waals surface area contributed by atoms with E-state index in [1.807, 2.05) is 0 Å². The van der Waals surface area contributed by atoms with Gasteiger partial charge in [0.1, 0.15) is 5.75 Å². The van der Waals surface area contributed by atoms with E-state index in [0.717, 1.165) is 11.8 Å². The van der Waals surface area contributed by atoms with Crippen molar-refractivity contribution in [3.8, 4) is 11.4 Å². The zero-order chi connectivity index (χ0) is 18.5. The number of amides is 1. The third-order valence-corrected chi connectivity index (χ3v) is 4.65. The van der Waals surface area contributed by atoms with Crippen molar-refractivity contribution < 1.29 is 18.7 Å². The van der Waals surface area contributed by atoms with E-state index in [-0.39, 0.29) is 16.7 Å². The summed E-state index contributed by atoms with van der Waals surface area (Å²) in [6.07, 6.45) is 0. The lowest BCUT2D eigenvalue weighted by atomic mass is 10.3. The lowest BCUT2D eigenvalue weighted by Gasteiger charge is -2.03. The number of aromatic nitrogens is 2. The Morgan fingerprint density at radius 3 is 2.77 bits per heavy atom. The molecule has 2 aromatic carbocycles. The lowest BCUT2D eigenvalue weighted by molar-refractivity contribution is -0.704. The van der Waals surface area contributed by atoms with Gasteiger partial charge in [-0.3, -0.25) is 9.32 Å². The van der Waals surface area contributed by atoms with Crippen LogP contribution in [0.1, 0.15) is 0 Å². The quantitative estimate of drug-likeness (QED) is 0.497. The van der Waals surface area contributed by atoms with Gasteiger partial charge in [-0.15, -0.1) is 0 Å². The molecule has 9 heteroatoms. The molecule has 1 heterocycles. The number of benzene rings is 2. The molecule has 7 nitrogen and oxygen atoms in total. The van der Waals surface area contributed by atoms with Gasteiger partial charge in [0.2, 0.25) is 11.6 Å². The third-order valence-electron chi connectivity index (χ3n) is 3.39. The molecule has 3 aromatic rings. The van der Waals surface area contributed by atoms with E-state index in [1.54, 1.807) is 55.6 Å². The van der Waals surface area contributed by atoms with Crippen LogP contribution in [0.5, 0.6) is 5.75 Å². The SMILES string of the molecule is COc1ccc(-[n+]2[nH]oc(=O)c2SCC(=O)Nc2cccc(Cl)c2)cc1. The fourth-order valence-electron chi connectivity index (χ4n) is 2.19. The molecular weight excluding hydrogens is 378 g/mol. The molecule has 0 saturated heterocycles. The van der Waals surface area contributed by atoms with E-state index >= 15 is 0 Å². The Labute approximate surface area is 157 Å². The molecule has 3 rings (SSSR count). The van der Waals surface area contributed by atoms with Crippen molar-refractivity contribution in [3.63, 3.8) is 0 Å². The Balaban J connectivity index is 1.71. The van der Waals surface area contributed by atoms with Crippen LogP contribution in [0.4, 0.5) is 5.69 Å². The molecule has 0 saturated carbocycles. The van der Waals surface area contributed by atoms with Gasteiger partial charge in [-0.2, -0.15) is 0 Å². The van der Waals surface area contributed by atoms with Crippen molar-refractivity contribution in [2.75, 3.05) is 18.2 Å². The molecule has 0 aliphatic heterocycles. The molecular formula is C17H15ClN3O4S+. The average Bonchev–Trinajstić information content (AvgIpc) is 3.00. The summed E-state index contributed by atoms with van der Waals surface area (Å²) in [6, 6.07) is 13.9. The topological polar surface area (TPSA) is 88.2 Å². The molecule has 0 atom stereocenters. The van der Waals surface area contributed by atoms with Gasteiger partial charge in [-0.05, 0) is 52.0 Å². The van der Waals surface area contributed by atoms with E-state index in [9.17, 15) is 9.59 Å². The fourth-order valence-corrected chi connectivity index (χ4v) is 3.15. The first-order valence-corrected chi connectivity index (χ1v) is 8.89. The second-order valence-electron chi connectivity index (χ2n) is 5.17. The first kappa shape index (κ1) is 18.1. The second-order valence-corrected chi connectivity index (χ2v) is 6.57. The van der Waals surface area contributed by atoms with Crippen molar-refractivity contribution >= 4 is 35.0 Å². The summed E-state index contributed by atoms with van der Waals surface area (Å²) >= 11 is 6.96. The van der Waals surface area contributed by atoms with Crippen molar-refractivity contribution in [2.45, 2.75) is 5.03 Å². The van der Waals surface area contributed by atoms with Crippen molar-refractivity contribution in [1.82, 2.24) is 5.27 Å². The highest BCUT2D eigenvalue weighted by Gasteiger charge is 2.25. The monoisotopic (exact) mass is 392 g/mol. The minimum absolute atomic E-state index is 0.0330. The maximum atomic E-state index is 12.1. The van der Waals surface area contributed by atoms with E-state index in [0.29, 0.717) is 22.1 Å². The van der Waals surface area contributed by atoms with Crippen LogP contribution >= 0.6 is 23.4 Å². The zero-order valence-corrected chi connectivity index (χ0v) is 15.3. The predicted molar refractivity (Wildman–Crippen MR) is 98.2 cm³/mol. The number of thioether (sulfide) groups is 1. The van der Waals surface area contributed by atoms with E-state index in [2.05, 4.69) is 10.6 Å². The third kappa shape index (κ3) is 4.27. The number of carbonyl (C=O) groups is 1. The Hall–Kier alpha value is -2.71. The maximum absolute atomic E-state index is 12.1. The number of anilines is 1. The van der Waals surface area contributed by atoms with Crippen LogP contribution in [-0.4, -0.2) is 24.0 Å². The predicted octanol–water partition coefficient (Wildman–Crippen LogP) is 2.64. The first-order chi connectivity index (χ1) is 12.6. The number of hydrogen-bond donors (Lipinski definition) is 2. The highest BCUT2D eigenvalue weighted by Crippen LogP contribution is 2.17. The van der Waals surface area contributed by atoms with Gasteiger partial charge in [0.15, 0.2) is 0 Å². The standard InChI is InChI=1S/C17H14ClN3O4S/c1-24-14-7-5-13(6-8-14)21-16(17(23)25-20-21)26-10-15(22)19-12-4-2-3-11(18)9-12/h2-9H,10H2,1H3,(H-,19,20,22,23)/p+1. The van der Waals surface area contributed by atoms with Gasteiger partial charge < -0.3 is 10.1 Å². The highest BCUT2D eigenvalue weighted by atomic mass is 35.5. The Morgan fingerprint density at radius 2 is 2.08 bits per heavy atom. The molecule has 134 valence electrons. The van der Waals surface area contributed by atoms with E-state index in [1.165, 1.54) is 4.68 Å². The molecule has 0 unspecified atom stereocenters. The number of carbonyl (C=O) groups excluding carboxylic acids is 1. The average molecular weight is 393 g/mol. The molecule has 0 radical (unpaired) electrons. The number of aromatic amines is 1. The maximum Gasteiger partial charge on any atom is 0.442 e. The number of ether oxygens (including phenoxy) is 1. The Kier molecular flexibility index (Phi) is 5.65. The van der Waals surface area contributed by atoms with E-state index in [4.69, 9.17) is 20.9 Å². The fraction of sp³-hybridized carbons (Fsp3) is 0.118. The van der Waals surface area contributed by atoms with Gasteiger partial charge in [0.05, 0.1) is 12.9 Å². The van der Waals surface area contributed by atoms with Crippen LogP contribution < -0.4 is 20.4 Å². The summed E-state index contributed by atoms with van der Waals surface area (Å²) in [4.78, 5) is 24.1. The minimum atomic E-state index is -0.554. The van der Waals surface area contributed by atoms with Crippen LogP contribution in [-0.2, 0) is 4.79 Å². The highest BCUT2D eigenvalue weighted by molar-refractivity contribution is 7.99. The summed E-state index contributed by atoms with van der Waals surface area (Å²) in [5.41, 5.74) is 0.711. The van der Waals surface area contributed by atoms with Crippen LogP contribution in [0.25, 0.3) is 5.69 Å². The largest absolute Gasteiger partial charge is 0.497 e. The van der Waals surface area contributed by atoms with Crippen LogP contribution in [0.2, 0.25) is 5.02 Å². The summed E-state index contributed by atoms with van der Waals surface area (Å²) in [6.45, 7) is 0. The van der Waals surface area contributed by atoms with Crippen molar-refractivity contribution in [1.29, 1.82) is 0 Å². The van der Waals surface area contributed by atoms with Gasteiger partial charge in [0.25, 0.3) is 0 Å². The van der Waals surface area contributed by atoms with Crippen LogP contribution in [0, 0.1) is 0 Å². The number of H-pyrrole nitrogens is 1. The normalized spacial score (nSPS) is 10.5. The van der Waals surface area contributed by atoms with Gasteiger partial charge in [-0.1, -0.05) is 17.7 Å². The zero-order valence-electron chi connectivity index (χ0n) is 13.7. The molecule has 0 spiro atoms. The summed E-state index contributed by atoms with van der Waals surface area (Å²) < 4.78 is 11.4. The number of nitrogens with one attached hydrogen (secondary N) is 2. The summed E-state index contributed by atoms with van der Waals surface area (Å²) in [5.74, 6) is 0.458. The van der Waals surface area contributed by atoms with Gasteiger partial charge in [-0.25, -0.2) is 4.79 Å². The van der Waals surface area contributed by atoms with Crippen molar-refractivity contribution in [3.05, 3.63) is 64.0 Å². The summed E-state index contributed by atoms with van der Waals surface area (Å²) in [5, 5.41) is 6.04. The second kappa shape index (κ2) is 8.11. The number of hydrogen-bond acceptors (Lipinski definition) is 5. The molecule has 1 amide bonds. The Bertz CT molecular complexity index is 969. The lowest BCUT2D eigenvalue weighted by Crippen LogP contribution is -2.36. The smallest absolute Gasteiger partial charge is 0.442 e. The molecule has 1 aromatic heterocycles.